The highest BCUT2D eigenvalue weighted by Gasteiger charge is 2.44. The van der Waals surface area contributed by atoms with Crippen LogP contribution in [0.3, 0.4) is 0 Å². The maximum Gasteiger partial charge on any atom is 0.513 e. The van der Waals surface area contributed by atoms with Gasteiger partial charge in [0.1, 0.15) is 5.76 Å². The van der Waals surface area contributed by atoms with Crippen LogP contribution in [0.25, 0.3) is 0 Å². The zero-order chi connectivity index (χ0) is 16.5. The Bertz CT molecular complexity index is 454. The summed E-state index contributed by atoms with van der Waals surface area (Å²) in [5.41, 5.74) is -5.43. The minimum absolute atomic E-state index is 0.0338. The molecule has 0 fully saturated rings. The van der Waals surface area contributed by atoms with Crippen molar-refractivity contribution in [1.82, 2.24) is 0 Å². The Hall–Kier alpha value is -1.25. The zero-order valence-electron chi connectivity index (χ0n) is 11.9. The molecule has 0 amide bonds. The molecule has 0 saturated carbocycles. The van der Waals surface area contributed by atoms with Gasteiger partial charge in [0.05, 0.1) is 12.0 Å². The molecule has 21 heavy (non-hydrogen) atoms. The predicted octanol–water partition coefficient (Wildman–Crippen LogP) is 3.91. The molecule has 0 aliphatic heterocycles. The summed E-state index contributed by atoms with van der Waals surface area (Å²) in [6.45, 7) is 3.40. The Morgan fingerprint density at radius 2 is 1.76 bits per heavy atom. The quantitative estimate of drug-likeness (QED) is 0.383. The van der Waals surface area contributed by atoms with Crippen molar-refractivity contribution in [3.05, 3.63) is 11.2 Å². The molecule has 0 aromatic heterocycles. The summed E-state index contributed by atoms with van der Waals surface area (Å²) in [4.78, 5) is 11.1. The van der Waals surface area contributed by atoms with Crippen LogP contribution < -0.4 is 0 Å². The summed E-state index contributed by atoms with van der Waals surface area (Å²) in [6.07, 6.45) is 1.53. The molecule has 0 aliphatic rings. The van der Waals surface area contributed by atoms with Crippen molar-refractivity contribution in [3.8, 4) is 0 Å². The van der Waals surface area contributed by atoms with Gasteiger partial charge in [0.2, 0.25) is 0 Å². The molecule has 0 saturated heterocycles. The van der Waals surface area contributed by atoms with Crippen LogP contribution >= 0.6 is 0 Å². The van der Waals surface area contributed by atoms with Crippen molar-refractivity contribution in [2.45, 2.75) is 51.5 Å². The smallest absolute Gasteiger partial charge is 0.434 e. The van der Waals surface area contributed by atoms with Gasteiger partial charge in [-0.2, -0.15) is 13.2 Å². The Morgan fingerprint density at radius 3 is 2.24 bits per heavy atom. The molecular formula is C12H19F3O5S. The number of halogens is 3. The van der Waals surface area contributed by atoms with Crippen molar-refractivity contribution in [3.63, 3.8) is 0 Å². The van der Waals surface area contributed by atoms with Crippen molar-refractivity contribution in [2.75, 3.05) is 6.61 Å². The van der Waals surface area contributed by atoms with E-state index in [9.17, 15) is 26.4 Å². The van der Waals surface area contributed by atoms with Crippen molar-refractivity contribution in [1.29, 1.82) is 0 Å². The summed E-state index contributed by atoms with van der Waals surface area (Å²) >= 11 is 0. The third-order valence-corrected chi connectivity index (χ3v) is 3.58. The van der Waals surface area contributed by atoms with Crippen LogP contribution in [0.4, 0.5) is 18.0 Å². The van der Waals surface area contributed by atoms with E-state index in [0.717, 1.165) is 12.8 Å². The molecule has 124 valence electrons. The number of sulfone groups is 1. The lowest BCUT2D eigenvalue weighted by molar-refractivity contribution is -0.0425. The molecule has 0 unspecified atom stereocenters. The van der Waals surface area contributed by atoms with E-state index in [1.54, 1.807) is 0 Å². The lowest BCUT2D eigenvalue weighted by Gasteiger charge is -2.10. The molecule has 9 heteroatoms. The number of hydrogen-bond acceptors (Lipinski definition) is 5. The molecule has 0 N–H and O–H groups in total. The van der Waals surface area contributed by atoms with Gasteiger partial charge >= 0.3 is 11.7 Å². The molecule has 5 nitrogen and oxygen atoms in total. The second kappa shape index (κ2) is 8.91. The highest BCUT2D eigenvalue weighted by molar-refractivity contribution is 7.95. The van der Waals surface area contributed by atoms with Crippen LogP contribution in [0.2, 0.25) is 0 Å². The first kappa shape index (κ1) is 19.8. The molecule has 0 rings (SSSR count). The third-order valence-electron chi connectivity index (χ3n) is 2.36. The van der Waals surface area contributed by atoms with Gasteiger partial charge in [-0.15, -0.1) is 0 Å². The fourth-order valence-corrected chi connectivity index (χ4v) is 2.00. The molecule has 0 heterocycles. The maximum atomic E-state index is 12.3. The number of alkyl halides is 3. The first-order chi connectivity index (χ1) is 9.64. The topological polar surface area (TPSA) is 69.7 Å². The summed E-state index contributed by atoms with van der Waals surface area (Å²) in [7, 11) is -5.50. The maximum absolute atomic E-state index is 12.3. The molecule has 0 spiro atoms. The molecule has 0 atom stereocenters. The van der Waals surface area contributed by atoms with Gasteiger partial charge in [0.15, 0.2) is 0 Å². The van der Waals surface area contributed by atoms with E-state index in [4.69, 9.17) is 0 Å². The highest BCUT2D eigenvalue weighted by Crippen LogP contribution is 2.27. The van der Waals surface area contributed by atoms with E-state index < -0.39 is 27.3 Å². The standard InChI is InChI=1S/C12H19F3O5S/c1-3-5-6-7-8-10(20-11(16)19-4-2)9-21(17,18)12(13,14)15/h9H,3-8H2,1-2H3/b10-9+. The Balaban J connectivity index is 4.98. The lowest BCUT2D eigenvalue weighted by atomic mass is 10.1. The Morgan fingerprint density at radius 1 is 1.14 bits per heavy atom. The van der Waals surface area contributed by atoms with E-state index in [1.165, 1.54) is 6.92 Å². The summed E-state index contributed by atoms with van der Waals surface area (Å²) < 4.78 is 68.0. The van der Waals surface area contributed by atoms with Gasteiger partial charge in [-0.1, -0.05) is 26.2 Å². The predicted molar refractivity (Wildman–Crippen MR) is 69.9 cm³/mol. The third kappa shape index (κ3) is 7.93. The first-order valence-electron chi connectivity index (χ1n) is 6.50. The summed E-state index contributed by atoms with van der Waals surface area (Å²) in [5.74, 6) is -0.568. The number of carbonyl (C=O) groups excluding carboxylic acids is 1. The number of unbranched alkanes of at least 4 members (excludes halogenated alkanes) is 3. The number of carbonyl (C=O) groups is 1. The lowest BCUT2D eigenvalue weighted by Crippen LogP contribution is -2.21. The minimum atomic E-state index is -5.50. The van der Waals surface area contributed by atoms with E-state index in [2.05, 4.69) is 9.47 Å². The van der Waals surface area contributed by atoms with Crippen molar-refractivity contribution >= 4 is 16.0 Å². The minimum Gasteiger partial charge on any atom is -0.434 e. The van der Waals surface area contributed by atoms with Gasteiger partial charge in [0.25, 0.3) is 9.84 Å². The molecule has 0 radical (unpaired) electrons. The Labute approximate surface area is 122 Å². The van der Waals surface area contributed by atoms with Gasteiger partial charge in [-0.25, -0.2) is 13.2 Å². The normalized spacial score (nSPS) is 13.1. The summed E-state index contributed by atoms with van der Waals surface area (Å²) in [5, 5.41) is -0.0597. The van der Waals surface area contributed by atoms with Gasteiger partial charge < -0.3 is 9.47 Å². The SMILES string of the molecule is CCCCCC/C(=C\S(=O)(=O)C(F)(F)F)OC(=O)OCC. The fraction of sp³-hybridized carbons (Fsp3) is 0.750. The van der Waals surface area contributed by atoms with Crippen molar-refractivity contribution < 1.29 is 35.9 Å². The van der Waals surface area contributed by atoms with Crippen LogP contribution in [0.15, 0.2) is 11.2 Å². The van der Waals surface area contributed by atoms with E-state index >= 15 is 0 Å². The Kier molecular flexibility index (Phi) is 8.38. The molecular weight excluding hydrogens is 313 g/mol. The van der Waals surface area contributed by atoms with Crippen LogP contribution in [0.1, 0.15) is 46.0 Å². The fourth-order valence-electron chi connectivity index (χ4n) is 1.35. The largest absolute Gasteiger partial charge is 0.513 e. The second-order valence-corrected chi connectivity index (χ2v) is 5.96. The molecule has 0 aliphatic carbocycles. The zero-order valence-corrected chi connectivity index (χ0v) is 12.7. The average molecular weight is 332 g/mol. The second-order valence-electron chi connectivity index (χ2n) is 4.17. The number of allylic oxidation sites excluding steroid dienone is 1. The number of hydrogen-bond donors (Lipinski definition) is 0. The van der Waals surface area contributed by atoms with Gasteiger partial charge in [0, 0.05) is 6.42 Å². The van der Waals surface area contributed by atoms with E-state index in [0.29, 0.717) is 12.8 Å². The van der Waals surface area contributed by atoms with Crippen LogP contribution in [-0.2, 0) is 19.3 Å². The molecule has 0 aromatic rings. The monoisotopic (exact) mass is 332 g/mol. The highest BCUT2D eigenvalue weighted by atomic mass is 32.2. The van der Waals surface area contributed by atoms with E-state index in [-0.39, 0.29) is 18.4 Å². The van der Waals surface area contributed by atoms with E-state index in [1.807, 2.05) is 6.92 Å². The van der Waals surface area contributed by atoms with Gasteiger partial charge in [-0.05, 0) is 13.3 Å². The number of rotatable bonds is 8. The number of ether oxygens (including phenoxy) is 2. The van der Waals surface area contributed by atoms with Crippen LogP contribution in [0.5, 0.6) is 0 Å². The van der Waals surface area contributed by atoms with Crippen molar-refractivity contribution in [2.24, 2.45) is 0 Å². The average Bonchev–Trinajstić information content (AvgIpc) is 2.32. The molecule has 0 aromatic carbocycles. The summed E-state index contributed by atoms with van der Waals surface area (Å²) in [6, 6.07) is 0. The van der Waals surface area contributed by atoms with Crippen LogP contribution in [0, 0.1) is 0 Å². The first-order valence-corrected chi connectivity index (χ1v) is 8.05. The van der Waals surface area contributed by atoms with Crippen LogP contribution in [-0.4, -0.2) is 26.7 Å². The molecule has 0 bridgehead atoms. The van der Waals surface area contributed by atoms with Gasteiger partial charge in [-0.3, -0.25) is 0 Å².